The highest BCUT2D eigenvalue weighted by atomic mass is 16.5. The number of nitrogens with zero attached hydrogens (tertiary/aromatic N) is 3. The maximum absolute atomic E-state index is 5.50. The number of hydrogen-bond donors (Lipinski definition) is 1. The quantitative estimate of drug-likeness (QED) is 0.864. The van der Waals surface area contributed by atoms with Crippen LogP contribution in [0.2, 0.25) is 0 Å². The van der Waals surface area contributed by atoms with Gasteiger partial charge in [-0.15, -0.1) is 0 Å². The van der Waals surface area contributed by atoms with Gasteiger partial charge in [0.2, 0.25) is 5.88 Å². The smallest absolute Gasteiger partial charge is 0.218 e. The summed E-state index contributed by atoms with van der Waals surface area (Å²) in [6.07, 6.45) is 1.25. The van der Waals surface area contributed by atoms with E-state index in [2.05, 4.69) is 20.2 Å². The van der Waals surface area contributed by atoms with Crippen molar-refractivity contribution in [3.63, 3.8) is 0 Å². The molecule has 2 fully saturated rings. The van der Waals surface area contributed by atoms with Crippen molar-refractivity contribution in [3.8, 4) is 5.88 Å². The average Bonchev–Trinajstić information content (AvgIpc) is 2.89. The van der Waals surface area contributed by atoms with E-state index < -0.39 is 0 Å². The Bertz CT molecular complexity index is 437. The molecule has 5 heteroatoms. The van der Waals surface area contributed by atoms with Gasteiger partial charge in [0.05, 0.1) is 6.61 Å². The van der Waals surface area contributed by atoms with Gasteiger partial charge < -0.3 is 15.0 Å². The van der Waals surface area contributed by atoms with Gasteiger partial charge in [-0.2, -0.15) is 4.98 Å². The number of hydrogen-bond acceptors (Lipinski definition) is 5. The molecule has 2 saturated heterocycles. The molecule has 5 nitrogen and oxygen atoms in total. The van der Waals surface area contributed by atoms with Gasteiger partial charge in [0.1, 0.15) is 11.6 Å². The van der Waals surface area contributed by atoms with Crippen LogP contribution in [0.15, 0.2) is 6.07 Å². The van der Waals surface area contributed by atoms with E-state index in [0.717, 1.165) is 37.2 Å². The van der Waals surface area contributed by atoms with E-state index in [-0.39, 0.29) is 0 Å². The highest BCUT2D eigenvalue weighted by molar-refractivity contribution is 5.45. The van der Waals surface area contributed by atoms with Crippen LogP contribution < -0.4 is 15.0 Å². The first-order valence-corrected chi connectivity index (χ1v) is 6.73. The first kappa shape index (κ1) is 11.7. The van der Waals surface area contributed by atoms with Gasteiger partial charge in [0.15, 0.2) is 0 Å². The highest BCUT2D eigenvalue weighted by Crippen LogP contribution is 2.31. The van der Waals surface area contributed by atoms with Crippen LogP contribution in [0.4, 0.5) is 5.82 Å². The molecule has 0 aliphatic carbocycles. The lowest BCUT2D eigenvalue weighted by molar-refractivity contribution is 0.325. The number of aryl methyl sites for hydroxylation is 1. The largest absolute Gasteiger partial charge is 0.478 e. The average molecular weight is 248 g/mol. The van der Waals surface area contributed by atoms with Crippen LogP contribution in [0, 0.1) is 12.8 Å². The lowest BCUT2D eigenvalue weighted by atomic mass is 10.1. The van der Waals surface area contributed by atoms with Crippen LogP contribution >= 0.6 is 0 Å². The van der Waals surface area contributed by atoms with Crippen LogP contribution in [0.1, 0.15) is 19.2 Å². The molecule has 18 heavy (non-hydrogen) atoms. The van der Waals surface area contributed by atoms with Gasteiger partial charge in [-0.1, -0.05) is 0 Å². The van der Waals surface area contributed by atoms with Crippen LogP contribution in [-0.2, 0) is 0 Å². The van der Waals surface area contributed by atoms with Crippen molar-refractivity contribution < 1.29 is 4.74 Å². The third-order valence-electron chi connectivity index (χ3n) is 3.83. The Labute approximate surface area is 108 Å². The van der Waals surface area contributed by atoms with E-state index in [9.17, 15) is 0 Å². The lowest BCUT2D eigenvalue weighted by Gasteiger charge is -2.24. The van der Waals surface area contributed by atoms with E-state index in [1.54, 1.807) is 0 Å². The topological polar surface area (TPSA) is 50.3 Å². The minimum atomic E-state index is 0.591. The Morgan fingerprint density at radius 1 is 1.44 bits per heavy atom. The SMILES string of the molecule is CCOc1cc(N2CC[C@H]3CNC[C@H]32)nc(C)n1. The summed E-state index contributed by atoms with van der Waals surface area (Å²) in [5.74, 6) is 3.26. The molecule has 1 aromatic rings. The van der Waals surface area contributed by atoms with Crippen LogP contribution in [-0.4, -0.2) is 42.3 Å². The number of ether oxygens (including phenoxy) is 1. The van der Waals surface area contributed by atoms with E-state index in [1.165, 1.54) is 6.42 Å². The monoisotopic (exact) mass is 248 g/mol. The second-order valence-corrected chi connectivity index (χ2v) is 5.01. The molecule has 98 valence electrons. The van der Waals surface area contributed by atoms with Crippen molar-refractivity contribution in [1.29, 1.82) is 0 Å². The third-order valence-corrected chi connectivity index (χ3v) is 3.83. The predicted molar refractivity (Wildman–Crippen MR) is 70.0 cm³/mol. The van der Waals surface area contributed by atoms with Crippen molar-refractivity contribution in [1.82, 2.24) is 15.3 Å². The number of nitrogens with one attached hydrogen (secondary N) is 1. The molecule has 0 radical (unpaired) electrons. The van der Waals surface area contributed by atoms with Crippen molar-refractivity contribution >= 4 is 5.82 Å². The minimum absolute atomic E-state index is 0.591. The zero-order valence-electron chi connectivity index (χ0n) is 11.0. The molecule has 2 aliphatic heterocycles. The molecule has 3 heterocycles. The van der Waals surface area contributed by atoms with Crippen LogP contribution in [0.25, 0.3) is 0 Å². The van der Waals surface area contributed by atoms with Crippen LogP contribution in [0.5, 0.6) is 5.88 Å². The Balaban J connectivity index is 1.87. The van der Waals surface area contributed by atoms with Crippen molar-refractivity contribution in [2.24, 2.45) is 5.92 Å². The summed E-state index contributed by atoms with van der Waals surface area (Å²) >= 11 is 0. The summed E-state index contributed by atoms with van der Waals surface area (Å²) < 4.78 is 5.50. The van der Waals surface area contributed by atoms with Crippen molar-refractivity contribution in [2.75, 3.05) is 31.1 Å². The fourth-order valence-electron chi connectivity index (χ4n) is 3.03. The van der Waals surface area contributed by atoms with Gasteiger partial charge in [-0.25, -0.2) is 4.98 Å². The number of anilines is 1. The van der Waals surface area contributed by atoms with E-state index in [4.69, 9.17) is 4.74 Å². The zero-order chi connectivity index (χ0) is 12.5. The molecule has 3 rings (SSSR count). The maximum Gasteiger partial charge on any atom is 0.218 e. The molecule has 0 amide bonds. The van der Waals surface area contributed by atoms with Crippen molar-refractivity contribution in [2.45, 2.75) is 26.3 Å². The number of rotatable bonds is 3. The number of aromatic nitrogens is 2. The molecule has 2 aliphatic rings. The Morgan fingerprint density at radius 3 is 3.17 bits per heavy atom. The van der Waals surface area contributed by atoms with Gasteiger partial charge in [-0.05, 0) is 26.2 Å². The van der Waals surface area contributed by atoms with E-state index in [0.29, 0.717) is 18.5 Å². The van der Waals surface area contributed by atoms with Crippen LogP contribution in [0.3, 0.4) is 0 Å². The molecule has 1 N–H and O–H groups in total. The third kappa shape index (κ3) is 2.03. The summed E-state index contributed by atoms with van der Waals surface area (Å²) in [5, 5.41) is 3.46. The van der Waals surface area contributed by atoms with Gasteiger partial charge >= 0.3 is 0 Å². The molecular weight excluding hydrogens is 228 g/mol. The summed E-state index contributed by atoms with van der Waals surface area (Å²) in [6.45, 7) is 7.85. The summed E-state index contributed by atoms with van der Waals surface area (Å²) in [6, 6.07) is 2.56. The lowest BCUT2D eigenvalue weighted by Crippen LogP contribution is -2.34. The highest BCUT2D eigenvalue weighted by Gasteiger charge is 2.38. The molecule has 0 aromatic carbocycles. The predicted octanol–water partition coefficient (Wildman–Crippen LogP) is 0.982. The molecule has 0 unspecified atom stereocenters. The minimum Gasteiger partial charge on any atom is -0.478 e. The number of fused-ring (bicyclic) bond motifs is 1. The fraction of sp³-hybridized carbons (Fsp3) is 0.692. The maximum atomic E-state index is 5.50. The zero-order valence-corrected chi connectivity index (χ0v) is 11.0. The molecule has 0 saturated carbocycles. The molecule has 2 atom stereocenters. The standard InChI is InChI=1S/C13H20N4O/c1-3-18-13-6-12(15-9(2)16-13)17-5-4-10-7-14-8-11(10)17/h6,10-11,14H,3-5,7-8H2,1-2H3/t10-,11+/m0/s1. The summed E-state index contributed by atoms with van der Waals surface area (Å²) in [4.78, 5) is 11.3. The normalized spacial score (nSPS) is 26.4. The van der Waals surface area contributed by atoms with E-state index in [1.807, 2.05) is 19.9 Å². The Kier molecular flexibility index (Phi) is 3.07. The molecule has 1 aromatic heterocycles. The second kappa shape index (κ2) is 4.72. The first-order valence-electron chi connectivity index (χ1n) is 6.73. The first-order chi connectivity index (χ1) is 8.78. The van der Waals surface area contributed by atoms with Gasteiger partial charge in [0.25, 0.3) is 0 Å². The molecular formula is C13H20N4O. The van der Waals surface area contributed by atoms with Crippen molar-refractivity contribution in [3.05, 3.63) is 11.9 Å². The Morgan fingerprint density at radius 2 is 2.33 bits per heavy atom. The van der Waals surface area contributed by atoms with Gasteiger partial charge in [-0.3, -0.25) is 0 Å². The second-order valence-electron chi connectivity index (χ2n) is 5.01. The van der Waals surface area contributed by atoms with Gasteiger partial charge in [0, 0.05) is 31.7 Å². The molecule has 0 bridgehead atoms. The Hall–Kier alpha value is -1.36. The fourth-order valence-corrected chi connectivity index (χ4v) is 3.03. The summed E-state index contributed by atoms with van der Waals surface area (Å²) in [7, 11) is 0. The molecule has 0 spiro atoms. The van der Waals surface area contributed by atoms with E-state index >= 15 is 0 Å². The summed E-state index contributed by atoms with van der Waals surface area (Å²) in [5.41, 5.74) is 0.